The number of ether oxygens (including phenoxy) is 1. The van der Waals surface area contributed by atoms with E-state index < -0.39 is 0 Å². The van der Waals surface area contributed by atoms with Crippen molar-refractivity contribution in [2.75, 3.05) is 6.61 Å². The Morgan fingerprint density at radius 1 is 1.75 bits per heavy atom. The van der Waals surface area contributed by atoms with Gasteiger partial charge in [0.25, 0.3) is 0 Å². The molecular formula is C7H11O. The maximum Gasteiger partial charge on any atom is 0.0616 e. The first-order chi connectivity index (χ1) is 3.93. The number of rotatable bonds is 2. The lowest BCUT2D eigenvalue weighted by atomic mass is 10.2. The average molecular weight is 111 g/mol. The van der Waals surface area contributed by atoms with Gasteiger partial charge in [0.05, 0.1) is 6.10 Å². The van der Waals surface area contributed by atoms with Gasteiger partial charge in [-0.15, -0.1) is 0 Å². The molecule has 1 heteroatoms. The van der Waals surface area contributed by atoms with Crippen LogP contribution in [0.4, 0.5) is 0 Å². The Balaban J connectivity index is 2.14. The molecule has 0 bridgehead atoms. The second-order valence-electron chi connectivity index (χ2n) is 2.09. The zero-order chi connectivity index (χ0) is 5.82. The average Bonchev–Trinajstić information content (AvgIpc) is 2.19. The van der Waals surface area contributed by atoms with Gasteiger partial charge in [-0.1, -0.05) is 6.58 Å². The Hall–Kier alpha value is -0.300. The van der Waals surface area contributed by atoms with Crippen LogP contribution in [0.5, 0.6) is 0 Å². The van der Waals surface area contributed by atoms with Crippen molar-refractivity contribution in [2.45, 2.75) is 25.4 Å². The summed E-state index contributed by atoms with van der Waals surface area (Å²) in [5, 5.41) is 0. The van der Waals surface area contributed by atoms with E-state index in [4.69, 9.17) is 4.74 Å². The third kappa shape index (κ3) is 1.34. The molecule has 0 N–H and O–H groups in total. The lowest BCUT2D eigenvalue weighted by Gasteiger charge is -2.02. The molecule has 45 valence electrons. The molecule has 1 fully saturated rings. The summed E-state index contributed by atoms with van der Waals surface area (Å²) in [4.78, 5) is 0. The van der Waals surface area contributed by atoms with Crippen LogP contribution in [0, 0.1) is 6.08 Å². The molecule has 0 spiro atoms. The monoisotopic (exact) mass is 111 g/mol. The summed E-state index contributed by atoms with van der Waals surface area (Å²) in [5.74, 6) is 0. The quantitative estimate of drug-likeness (QED) is 0.525. The molecule has 0 aromatic carbocycles. The summed E-state index contributed by atoms with van der Waals surface area (Å²) in [6.45, 7) is 4.46. The van der Waals surface area contributed by atoms with Gasteiger partial charge in [0.1, 0.15) is 0 Å². The van der Waals surface area contributed by atoms with E-state index in [-0.39, 0.29) is 0 Å². The van der Waals surface area contributed by atoms with Gasteiger partial charge in [-0.05, 0) is 25.3 Å². The molecule has 1 nitrogen and oxygen atoms in total. The van der Waals surface area contributed by atoms with Crippen molar-refractivity contribution in [1.82, 2.24) is 0 Å². The van der Waals surface area contributed by atoms with E-state index in [2.05, 4.69) is 12.7 Å². The first-order valence-corrected chi connectivity index (χ1v) is 3.05. The summed E-state index contributed by atoms with van der Waals surface area (Å²) in [6, 6.07) is 0. The van der Waals surface area contributed by atoms with E-state index in [1.165, 1.54) is 12.8 Å². The number of hydrogen-bond acceptors (Lipinski definition) is 1. The highest BCUT2D eigenvalue weighted by Gasteiger charge is 2.12. The van der Waals surface area contributed by atoms with E-state index in [1.54, 1.807) is 0 Å². The Bertz CT molecular complexity index is 72.5. The molecule has 0 aromatic rings. The molecule has 1 aliphatic rings. The molecular weight excluding hydrogens is 100 g/mol. The topological polar surface area (TPSA) is 9.23 Å². The molecule has 8 heavy (non-hydrogen) atoms. The minimum atomic E-state index is 0.437. The lowest BCUT2D eigenvalue weighted by Crippen LogP contribution is -2.01. The second kappa shape index (κ2) is 2.88. The minimum Gasteiger partial charge on any atom is -0.378 e. The van der Waals surface area contributed by atoms with Crippen molar-refractivity contribution >= 4 is 0 Å². The minimum absolute atomic E-state index is 0.437. The van der Waals surface area contributed by atoms with Crippen LogP contribution in [-0.4, -0.2) is 12.7 Å². The zero-order valence-electron chi connectivity index (χ0n) is 5.02. The highest BCUT2D eigenvalue weighted by atomic mass is 16.5. The predicted octanol–water partition coefficient (Wildman–Crippen LogP) is 1.54. The van der Waals surface area contributed by atoms with Crippen LogP contribution < -0.4 is 0 Å². The highest BCUT2D eigenvalue weighted by molar-refractivity contribution is 4.69. The van der Waals surface area contributed by atoms with E-state index in [1.807, 2.05) is 0 Å². The van der Waals surface area contributed by atoms with Crippen LogP contribution in [0.3, 0.4) is 0 Å². The molecule has 1 radical (unpaired) electrons. The third-order valence-electron chi connectivity index (χ3n) is 1.40. The first-order valence-electron chi connectivity index (χ1n) is 3.05. The molecule has 1 unspecified atom stereocenters. The fraction of sp³-hybridized carbons (Fsp3) is 0.714. The zero-order valence-corrected chi connectivity index (χ0v) is 5.02. The van der Waals surface area contributed by atoms with Gasteiger partial charge in [0.2, 0.25) is 0 Å². The second-order valence-corrected chi connectivity index (χ2v) is 2.09. The molecule has 0 aliphatic carbocycles. The van der Waals surface area contributed by atoms with Crippen molar-refractivity contribution in [2.24, 2.45) is 0 Å². The SMILES string of the molecule is C=[C]CC1CCCO1. The summed E-state index contributed by atoms with van der Waals surface area (Å²) in [5.41, 5.74) is 0. The summed E-state index contributed by atoms with van der Waals surface area (Å²) >= 11 is 0. The Morgan fingerprint density at radius 3 is 3.12 bits per heavy atom. The first kappa shape index (κ1) is 5.83. The van der Waals surface area contributed by atoms with Gasteiger partial charge in [-0.3, -0.25) is 0 Å². The van der Waals surface area contributed by atoms with Crippen LogP contribution >= 0.6 is 0 Å². The molecule has 0 aromatic heterocycles. The van der Waals surface area contributed by atoms with Crippen LogP contribution in [0.25, 0.3) is 0 Å². The molecule has 1 heterocycles. The number of hydrogen-bond donors (Lipinski definition) is 0. The Kier molecular flexibility index (Phi) is 2.10. The van der Waals surface area contributed by atoms with Crippen molar-refractivity contribution < 1.29 is 4.74 Å². The van der Waals surface area contributed by atoms with Crippen molar-refractivity contribution in [1.29, 1.82) is 0 Å². The van der Waals surface area contributed by atoms with Gasteiger partial charge >= 0.3 is 0 Å². The van der Waals surface area contributed by atoms with E-state index in [9.17, 15) is 0 Å². The predicted molar refractivity (Wildman–Crippen MR) is 32.5 cm³/mol. The fourth-order valence-electron chi connectivity index (χ4n) is 0.966. The van der Waals surface area contributed by atoms with Crippen molar-refractivity contribution in [3.05, 3.63) is 12.7 Å². The van der Waals surface area contributed by atoms with E-state index in [0.29, 0.717) is 6.10 Å². The molecule has 0 saturated carbocycles. The van der Waals surface area contributed by atoms with Gasteiger partial charge in [-0.2, -0.15) is 0 Å². The summed E-state index contributed by atoms with van der Waals surface area (Å²) in [6.07, 6.45) is 6.59. The maximum absolute atomic E-state index is 5.29. The van der Waals surface area contributed by atoms with Crippen LogP contribution in [0.2, 0.25) is 0 Å². The summed E-state index contributed by atoms with van der Waals surface area (Å²) in [7, 11) is 0. The standard InChI is InChI=1S/C7H11O/c1-2-4-7-5-3-6-8-7/h7H,1,3-6H2. The Morgan fingerprint density at radius 2 is 2.62 bits per heavy atom. The van der Waals surface area contributed by atoms with Gasteiger partial charge in [0.15, 0.2) is 0 Å². The summed E-state index contributed by atoms with van der Waals surface area (Å²) < 4.78 is 5.29. The van der Waals surface area contributed by atoms with Crippen LogP contribution in [0.15, 0.2) is 6.58 Å². The van der Waals surface area contributed by atoms with Crippen LogP contribution in [0.1, 0.15) is 19.3 Å². The van der Waals surface area contributed by atoms with Gasteiger partial charge in [0, 0.05) is 6.61 Å². The van der Waals surface area contributed by atoms with Crippen LogP contribution in [-0.2, 0) is 4.74 Å². The normalized spacial score (nSPS) is 28.2. The fourth-order valence-corrected chi connectivity index (χ4v) is 0.966. The van der Waals surface area contributed by atoms with Crippen molar-refractivity contribution in [3.63, 3.8) is 0 Å². The Labute approximate surface area is 50.3 Å². The maximum atomic E-state index is 5.29. The molecule has 1 saturated heterocycles. The largest absolute Gasteiger partial charge is 0.378 e. The molecule has 0 amide bonds. The van der Waals surface area contributed by atoms with Crippen molar-refractivity contribution in [3.8, 4) is 0 Å². The molecule has 1 rings (SSSR count). The molecule has 1 aliphatic heterocycles. The third-order valence-corrected chi connectivity index (χ3v) is 1.40. The lowest BCUT2D eigenvalue weighted by molar-refractivity contribution is 0.112. The van der Waals surface area contributed by atoms with E-state index in [0.717, 1.165) is 13.0 Å². The van der Waals surface area contributed by atoms with Gasteiger partial charge in [-0.25, -0.2) is 0 Å². The highest BCUT2D eigenvalue weighted by Crippen LogP contribution is 2.14. The van der Waals surface area contributed by atoms with E-state index >= 15 is 0 Å². The smallest absolute Gasteiger partial charge is 0.0616 e. The van der Waals surface area contributed by atoms with Gasteiger partial charge < -0.3 is 4.74 Å². The molecule has 1 atom stereocenters.